The number of ether oxygens (including phenoxy) is 1. The number of nitrogens with two attached hydrogens (primary N) is 1. The third-order valence-electron chi connectivity index (χ3n) is 3.84. The molecule has 0 bridgehead atoms. The lowest BCUT2D eigenvalue weighted by molar-refractivity contribution is -0.117. The third kappa shape index (κ3) is 5.82. The van der Waals surface area contributed by atoms with E-state index in [4.69, 9.17) is 10.5 Å². The van der Waals surface area contributed by atoms with E-state index in [1.165, 1.54) is 0 Å². The Bertz CT molecular complexity index is 791. The van der Waals surface area contributed by atoms with Crippen LogP contribution in [0.15, 0.2) is 48.5 Å². The zero-order chi connectivity index (χ0) is 20.2. The van der Waals surface area contributed by atoms with Crippen LogP contribution in [-0.2, 0) is 9.53 Å². The van der Waals surface area contributed by atoms with Gasteiger partial charge in [-0.2, -0.15) is 0 Å². The first-order valence-corrected chi connectivity index (χ1v) is 8.74. The number of esters is 1. The van der Waals surface area contributed by atoms with E-state index < -0.39 is 17.6 Å². The van der Waals surface area contributed by atoms with E-state index >= 15 is 0 Å². The minimum atomic E-state index is -0.785. The van der Waals surface area contributed by atoms with Gasteiger partial charge in [-0.25, -0.2) is 4.79 Å². The number of nitrogens with zero attached hydrogens (tertiary/aromatic N) is 1. The summed E-state index contributed by atoms with van der Waals surface area (Å²) in [5.74, 6) is -0.726. The molecule has 0 saturated heterocycles. The first kappa shape index (κ1) is 20.5. The Morgan fingerprint density at radius 1 is 1.00 bits per heavy atom. The van der Waals surface area contributed by atoms with Crippen LogP contribution in [0.25, 0.3) is 0 Å². The van der Waals surface area contributed by atoms with E-state index in [0.717, 1.165) is 11.3 Å². The molecule has 2 aromatic rings. The van der Waals surface area contributed by atoms with Crippen molar-refractivity contribution in [1.29, 1.82) is 0 Å². The van der Waals surface area contributed by atoms with E-state index in [1.54, 1.807) is 24.3 Å². The van der Waals surface area contributed by atoms with Crippen molar-refractivity contribution in [3.63, 3.8) is 0 Å². The lowest BCUT2D eigenvalue weighted by atomic mass is 10.1. The molecule has 144 valence electrons. The van der Waals surface area contributed by atoms with Gasteiger partial charge >= 0.3 is 5.97 Å². The fourth-order valence-electron chi connectivity index (χ4n) is 2.38. The largest absolute Gasteiger partial charge is 0.456 e. The molecular formula is C21H27N3O3. The molecule has 27 heavy (non-hydrogen) atoms. The van der Waals surface area contributed by atoms with Gasteiger partial charge < -0.3 is 20.7 Å². The van der Waals surface area contributed by atoms with Gasteiger partial charge in [-0.3, -0.25) is 4.79 Å². The number of nitrogens with one attached hydrogen (secondary N) is 1. The molecule has 6 heteroatoms. The van der Waals surface area contributed by atoms with Crippen molar-refractivity contribution >= 4 is 23.3 Å². The predicted molar refractivity (Wildman–Crippen MR) is 108 cm³/mol. The van der Waals surface area contributed by atoms with Gasteiger partial charge in [0.05, 0.1) is 5.56 Å². The first-order chi connectivity index (χ1) is 12.6. The lowest BCUT2D eigenvalue weighted by Crippen LogP contribution is -2.27. The van der Waals surface area contributed by atoms with Crippen LogP contribution < -0.4 is 16.0 Å². The van der Waals surface area contributed by atoms with Crippen molar-refractivity contribution in [3.8, 4) is 0 Å². The summed E-state index contributed by atoms with van der Waals surface area (Å²) in [5, 5.41) is 2.77. The molecule has 0 aliphatic rings. The van der Waals surface area contributed by atoms with Gasteiger partial charge in [0.25, 0.3) is 0 Å². The lowest BCUT2D eigenvalue weighted by Gasteiger charge is -2.19. The number of carbonyl (C=O) groups is 2. The second-order valence-electron chi connectivity index (χ2n) is 7.53. The maximum absolute atomic E-state index is 12.4. The minimum absolute atomic E-state index is 0.322. The number of hydrogen-bond donors (Lipinski definition) is 2. The van der Waals surface area contributed by atoms with Gasteiger partial charge in [0.15, 0.2) is 0 Å². The topological polar surface area (TPSA) is 84.7 Å². The highest BCUT2D eigenvalue weighted by Gasteiger charge is 2.19. The fourth-order valence-corrected chi connectivity index (χ4v) is 2.38. The summed E-state index contributed by atoms with van der Waals surface area (Å²) in [6.45, 7) is 5.43. The van der Waals surface area contributed by atoms with E-state index in [0.29, 0.717) is 11.3 Å². The standard InChI is InChI=1S/C21H27N3O3/c1-21(2,3)27-20(26)15-6-10-16(11-7-15)23-19(25)18(22)14-8-12-17(13-9-14)24(4)5/h6-13,18H,22H2,1-5H3,(H,23,25)/t18-/m0/s1. The van der Waals surface area contributed by atoms with E-state index in [9.17, 15) is 9.59 Å². The number of carbonyl (C=O) groups excluding carboxylic acids is 2. The predicted octanol–water partition coefficient (Wildman–Crippen LogP) is 3.35. The first-order valence-electron chi connectivity index (χ1n) is 8.74. The van der Waals surface area contributed by atoms with Crippen LogP contribution >= 0.6 is 0 Å². The fraction of sp³-hybridized carbons (Fsp3) is 0.333. The molecule has 1 atom stereocenters. The van der Waals surface area contributed by atoms with Crippen molar-refractivity contribution in [2.75, 3.05) is 24.3 Å². The summed E-state index contributed by atoms with van der Waals surface area (Å²) in [5.41, 5.74) is 8.25. The van der Waals surface area contributed by atoms with Crippen molar-refractivity contribution in [3.05, 3.63) is 59.7 Å². The van der Waals surface area contributed by atoms with Gasteiger partial charge in [-0.15, -0.1) is 0 Å². The highest BCUT2D eigenvalue weighted by Crippen LogP contribution is 2.19. The second kappa shape index (κ2) is 8.22. The number of anilines is 2. The summed E-state index contributed by atoms with van der Waals surface area (Å²) < 4.78 is 5.32. The summed E-state index contributed by atoms with van der Waals surface area (Å²) in [6, 6.07) is 13.2. The van der Waals surface area contributed by atoms with Crippen LogP contribution in [0.3, 0.4) is 0 Å². The maximum Gasteiger partial charge on any atom is 0.338 e. The summed E-state index contributed by atoms with van der Waals surface area (Å²) >= 11 is 0. The molecular weight excluding hydrogens is 342 g/mol. The molecule has 0 aliphatic carbocycles. The molecule has 0 radical (unpaired) electrons. The van der Waals surface area contributed by atoms with E-state index in [1.807, 2.05) is 64.0 Å². The van der Waals surface area contributed by atoms with Gasteiger partial charge in [0.1, 0.15) is 11.6 Å². The molecule has 1 amide bonds. The van der Waals surface area contributed by atoms with Crippen LogP contribution in [0, 0.1) is 0 Å². The Balaban J connectivity index is 2.01. The van der Waals surface area contributed by atoms with E-state index in [2.05, 4.69) is 5.32 Å². The zero-order valence-corrected chi connectivity index (χ0v) is 16.4. The van der Waals surface area contributed by atoms with E-state index in [-0.39, 0.29) is 5.91 Å². The maximum atomic E-state index is 12.4. The molecule has 0 aliphatic heterocycles. The quantitative estimate of drug-likeness (QED) is 0.790. The SMILES string of the molecule is CN(C)c1ccc([C@H](N)C(=O)Nc2ccc(C(=O)OC(C)(C)C)cc2)cc1. The summed E-state index contributed by atoms with van der Waals surface area (Å²) in [4.78, 5) is 26.4. The Hall–Kier alpha value is -2.86. The molecule has 3 N–H and O–H groups in total. The molecule has 6 nitrogen and oxygen atoms in total. The van der Waals surface area contributed by atoms with Gasteiger partial charge in [0.2, 0.25) is 5.91 Å². The monoisotopic (exact) mass is 369 g/mol. The number of hydrogen-bond acceptors (Lipinski definition) is 5. The molecule has 0 saturated carbocycles. The highest BCUT2D eigenvalue weighted by atomic mass is 16.6. The average molecular weight is 369 g/mol. The third-order valence-corrected chi connectivity index (χ3v) is 3.84. The second-order valence-corrected chi connectivity index (χ2v) is 7.53. The molecule has 0 aromatic heterocycles. The Morgan fingerprint density at radius 3 is 2.04 bits per heavy atom. The number of amides is 1. The van der Waals surface area contributed by atoms with Crippen molar-refractivity contribution < 1.29 is 14.3 Å². The van der Waals surface area contributed by atoms with Crippen LogP contribution in [-0.4, -0.2) is 31.6 Å². The minimum Gasteiger partial charge on any atom is -0.456 e. The molecule has 0 unspecified atom stereocenters. The Labute approximate surface area is 160 Å². The number of rotatable bonds is 5. The average Bonchev–Trinajstić information content (AvgIpc) is 2.60. The van der Waals surface area contributed by atoms with Crippen molar-refractivity contribution in [2.45, 2.75) is 32.4 Å². The molecule has 0 spiro atoms. The van der Waals surface area contributed by atoms with Crippen molar-refractivity contribution in [1.82, 2.24) is 0 Å². The normalized spacial score (nSPS) is 12.2. The molecule has 0 fully saturated rings. The zero-order valence-electron chi connectivity index (χ0n) is 16.4. The number of benzene rings is 2. The van der Waals surface area contributed by atoms with Gasteiger partial charge in [-0.05, 0) is 62.7 Å². The Morgan fingerprint density at radius 2 is 1.56 bits per heavy atom. The van der Waals surface area contributed by atoms with Gasteiger partial charge in [0, 0.05) is 25.5 Å². The summed E-state index contributed by atoms with van der Waals surface area (Å²) in [6.07, 6.45) is 0. The Kier molecular flexibility index (Phi) is 6.23. The van der Waals surface area contributed by atoms with Crippen LogP contribution in [0.1, 0.15) is 42.7 Å². The molecule has 2 rings (SSSR count). The molecule has 0 heterocycles. The molecule has 2 aromatic carbocycles. The van der Waals surface area contributed by atoms with Crippen LogP contribution in [0.5, 0.6) is 0 Å². The van der Waals surface area contributed by atoms with Crippen LogP contribution in [0.2, 0.25) is 0 Å². The smallest absolute Gasteiger partial charge is 0.338 e. The summed E-state index contributed by atoms with van der Waals surface area (Å²) in [7, 11) is 3.89. The van der Waals surface area contributed by atoms with Crippen molar-refractivity contribution in [2.24, 2.45) is 5.73 Å². The van der Waals surface area contributed by atoms with Crippen LogP contribution in [0.4, 0.5) is 11.4 Å². The highest BCUT2D eigenvalue weighted by molar-refractivity contribution is 5.96. The van der Waals surface area contributed by atoms with Gasteiger partial charge in [-0.1, -0.05) is 12.1 Å².